The summed E-state index contributed by atoms with van der Waals surface area (Å²) >= 11 is 15.2. The monoisotopic (exact) mass is 459 g/mol. The highest BCUT2D eigenvalue weighted by atomic mass is 79.9. The molecule has 2 rings (SSSR count). The average Bonchev–Trinajstić information content (AvgIpc) is 2.61. The van der Waals surface area contributed by atoms with Gasteiger partial charge in [0.2, 0.25) is 0 Å². The number of carbonyl (C=O) groups is 2. The van der Waals surface area contributed by atoms with Gasteiger partial charge in [0, 0.05) is 21.1 Å². The molecular formula is C18H16BrCl2NO4. The van der Waals surface area contributed by atoms with Crippen molar-refractivity contribution in [3.05, 3.63) is 62.5 Å². The number of halogens is 3. The highest BCUT2D eigenvalue weighted by molar-refractivity contribution is 9.10. The van der Waals surface area contributed by atoms with Crippen molar-refractivity contribution in [1.29, 1.82) is 0 Å². The predicted molar refractivity (Wildman–Crippen MR) is 104 cm³/mol. The van der Waals surface area contributed by atoms with Crippen LogP contribution in [0.1, 0.15) is 5.56 Å². The Hall–Kier alpha value is -1.76. The number of hydrogen-bond donors (Lipinski definition) is 1. The first kappa shape index (κ1) is 20.6. The van der Waals surface area contributed by atoms with E-state index in [1.165, 1.54) is 0 Å². The molecule has 0 aliphatic heterocycles. The van der Waals surface area contributed by atoms with Crippen LogP contribution in [0.5, 0.6) is 5.75 Å². The van der Waals surface area contributed by atoms with Crippen LogP contribution < -0.4 is 10.1 Å². The molecule has 0 aliphatic carbocycles. The fourth-order valence-electron chi connectivity index (χ4n) is 1.97. The first-order chi connectivity index (χ1) is 12.4. The van der Waals surface area contributed by atoms with Gasteiger partial charge in [0.05, 0.1) is 0 Å². The highest BCUT2D eigenvalue weighted by Crippen LogP contribution is 2.21. The minimum atomic E-state index is -0.621. The van der Waals surface area contributed by atoms with Crippen LogP contribution in [0.2, 0.25) is 10.0 Å². The molecule has 1 N–H and O–H groups in total. The zero-order valence-corrected chi connectivity index (χ0v) is 16.7. The van der Waals surface area contributed by atoms with Crippen LogP contribution in [-0.4, -0.2) is 31.6 Å². The Bertz CT molecular complexity index is 768. The lowest BCUT2D eigenvalue weighted by atomic mass is 10.1. The Kier molecular flexibility index (Phi) is 8.22. The van der Waals surface area contributed by atoms with E-state index in [0.29, 0.717) is 28.8 Å². The molecule has 0 atom stereocenters. The molecule has 1 amide bonds. The first-order valence-electron chi connectivity index (χ1n) is 7.68. The zero-order chi connectivity index (χ0) is 18.9. The van der Waals surface area contributed by atoms with Gasteiger partial charge >= 0.3 is 5.97 Å². The quantitative estimate of drug-likeness (QED) is 0.604. The second-order valence-electron chi connectivity index (χ2n) is 5.24. The number of rotatable bonds is 8. The number of amides is 1. The Balaban J connectivity index is 1.63. The van der Waals surface area contributed by atoms with Gasteiger partial charge in [-0.25, -0.2) is 4.79 Å². The van der Waals surface area contributed by atoms with E-state index in [1.54, 1.807) is 42.5 Å². The minimum absolute atomic E-state index is 0.269. The second kappa shape index (κ2) is 10.4. The lowest BCUT2D eigenvalue weighted by molar-refractivity contribution is -0.150. The maximum absolute atomic E-state index is 11.7. The van der Waals surface area contributed by atoms with E-state index in [2.05, 4.69) is 21.2 Å². The largest absolute Gasteiger partial charge is 0.482 e. The fraction of sp³-hybridized carbons (Fsp3) is 0.222. The maximum atomic E-state index is 11.7. The van der Waals surface area contributed by atoms with Crippen LogP contribution in [0.15, 0.2) is 46.9 Å². The van der Waals surface area contributed by atoms with Crippen molar-refractivity contribution < 1.29 is 19.1 Å². The molecule has 0 spiro atoms. The van der Waals surface area contributed by atoms with Crippen LogP contribution in [0.25, 0.3) is 0 Å². The Labute approximate surface area is 169 Å². The summed E-state index contributed by atoms with van der Waals surface area (Å²) in [6.45, 7) is -0.265. The molecule has 0 heterocycles. The zero-order valence-electron chi connectivity index (χ0n) is 13.6. The summed E-state index contributed by atoms with van der Waals surface area (Å²) in [5.41, 5.74) is 0.872. The Morgan fingerprint density at radius 2 is 1.77 bits per heavy atom. The van der Waals surface area contributed by atoms with Gasteiger partial charge in [0.15, 0.2) is 13.2 Å². The van der Waals surface area contributed by atoms with Gasteiger partial charge < -0.3 is 14.8 Å². The van der Waals surface area contributed by atoms with Crippen LogP contribution in [-0.2, 0) is 20.7 Å². The summed E-state index contributed by atoms with van der Waals surface area (Å²) in [4.78, 5) is 23.3. The van der Waals surface area contributed by atoms with Gasteiger partial charge in [-0.1, -0.05) is 45.2 Å². The standard InChI is InChI=1S/C18H16BrCl2NO4/c19-13-2-5-15(6-3-13)25-11-18(24)26-10-17(23)22-8-7-12-1-4-14(20)9-16(12)21/h1-6,9H,7-8,10-11H2,(H,22,23). The van der Waals surface area contributed by atoms with Gasteiger partial charge in [-0.2, -0.15) is 0 Å². The molecule has 2 aromatic rings. The molecule has 8 heteroatoms. The molecular weight excluding hydrogens is 445 g/mol. The third kappa shape index (κ3) is 7.23. The van der Waals surface area contributed by atoms with Gasteiger partial charge in [0.25, 0.3) is 5.91 Å². The highest BCUT2D eigenvalue weighted by Gasteiger charge is 2.09. The SMILES string of the molecule is O=C(COC(=O)COc1ccc(Br)cc1)NCCc1ccc(Cl)cc1Cl. The molecule has 0 radical (unpaired) electrons. The maximum Gasteiger partial charge on any atom is 0.344 e. The van der Waals surface area contributed by atoms with Crippen molar-refractivity contribution in [3.63, 3.8) is 0 Å². The summed E-state index contributed by atoms with van der Waals surface area (Å²) in [7, 11) is 0. The summed E-state index contributed by atoms with van der Waals surface area (Å²) in [6, 6.07) is 12.2. The van der Waals surface area contributed by atoms with E-state index in [4.69, 9.17) is 32.7 Å². The predicted octanol–water partition coefficient (Wildman–Crippen LogP) is 4.04. The molecule has 5 nitrogen and oxygen atoms in total. The third-order valence-electron chi connectivity index (χ3n) is 3.27. The van der Waals surface area contributed by atoms with E-state index >= 15 is 0 Å². The van der Waals surface area contributed by atoms with E-state index in [0.717, 1.165) is 10.0 Å². The smallest absolute Gasteiger partial charge is 0.344 e. The number of benzene rings is 2. The summed E-state index contributed by atoms with van der Waals surface area (Å²) < 4.78 is 11.0. The Morgan fingerprint density at radius 3 is 2.46 bits per heavy atom. The van der Waals surface area contributed by atoms with Crippen LogP contribution in [0.4, 0.5) is 0 Å². The molecule has 2 aromatic carbocycles. The molecule has 0 fully saturated rings. The van der Waals surface area contributed by atoms with Crippen LogP contribution in [0.3, 0.4) is 0 Å². The molecule has 138 valence electrons. The van der Waals surface area contributed by atoms with Crippen LogP contribution >= 0.6 is 39.1 Å². The van der Waals surface area contributed by atoms with E-state index in [-0.39, 0.29) is 13.2 Å². The summed E-state index contributed by atoms with van der Waals surface area (Å²) in [5, 5.41) is 3.75. The summed E-state index contributed by atoms with van der Waals surface area (Å²) in [5.74, 6) is -0.481. The molecule has 0 bridgehead atoms. The molecule has 26 heavy (non-hydrogen) atoms. The number of nitrogens with one attached hydrogen (secondary N) is 1. The van der Waals surface area contributed by atoms with E-state index < -0.39 is 11.9 Å². The minimum Gasteiger partial charge on any atom is -0.482 e. The number of hydrogen-bond acceptors (Lipinski definition) is 4. The van der Waals surface area contributed by atoms with Gasteiger partial charge in [-0.15, -0.1) is 0 Å². The molecule has 0 unspecified atom stereocenters. The molecule has 0 aromatic heterocycles. The first-order valence-corrected chi connectivity index (χ1v) is 9.23. The average molecular weight is 461 g/mol. The van der Waals surface area contributed by atoms with Gasteiger partial charge in [0.1, 0.15) is 5.75 Å². The number of ether oxygens (including phenoxy) is 2. The van der Waals surface area contributed by atoms with Crippen molar-refractivity contribution in [3.8, 4) is 5.75 Å². The van der Waals surface area contributed by atoms with Crippen LogP contribution in [0, 0.1) is 0 Å². The van der Waals surface area contributed by atoms with Crippen molar-refractivity contribution in [2.45, 2.75) is 6.42 Å². The van der Waals surface area contributed by atoms with Crippen molar-refractivity contribution in [1.82, 2.24) is 5.32 Å². The number of carbonyl (C=O) groups excluding carboxylic acids is 2. The number of esters is 1. The molecule has 0 saturated heterocycles. The van der Waals surface area contributed by atoms with Crippen molar-refractivity contribution in [2.75, 3.05) is 19.8 Å². The van der Waals surface area contributed by atoms with Gasteiger partial charge in [-0.3, -0.25) is 4.79 Å². The van der Waals surface area contributed by atoms with Gasteiger partial charge in [-0.05, 0) is 48.4 Å². The third-order valence-corrected chi connectivity index (χ3v) is 4.38. The van der Waals surface area contributed by atoms with Crippen molar-refractivity contribution in [2.24, 2.45) is 0 Å². The molecule has 0 aliphatic rings. The van der Waals surface area contributed by atoms with Crippen molar-refractivity contribution >= 4 is 51.0 Å². The summed E-state index contributed by atoms with van der Waals surface area (Å²) in [6.07, 6.45) is 0.544. The Morgan fingerprint density at radius 1 is 1.04 bits per heavy atom. The normalized spacial score (nSPS) is 10.3. The van der Waals surface area contributed by atoms with E-state index in [1.807, 2.05) is 0 Å². The lowest BCUT2D eigenvalue weighted by Gasteiger charge is -2.09. The van der Waals surface area contributed by atoms with E-state index in [9.17, 15) is 9.59 Å². The molecule has 0 saturated carbocycles. The lowest BCUT2D eigenvalue weighted by Crippen LogP contribution is -2.31. The topological polar surface area (TPSA) is 64.6 Å². The second-order valence-corrected chi connectivity index (χ2v) is 7.00. The fourth-order valence-corrected chi connectivity index (χ4v) is 2.74.